The number of hydrogen-bond donors (Lipinski definition) is 0. The quantitative estimate of drug-likeness (QED) is 0.780. The van der Waals surface area contributed by atoms with Gasteiger partial charge < -0.3 is 4.90 Å². The summed E-state index contributed by atoms with van der Waals surface area (Å²) in [4.78, 5) is 26.6. The predicted molar refractivity (Wildman–Crippen MR) is 82.4 cm³/mol. The molecule has 1 aromatic rings. The molecule has 0 N–H and O–H groups in total. The number of amides is 2. The van der Waals surface area contributed by atoms with Crippen LogP contribution in [-0.2, 0) is 9.59 Å². The van der Waals surface area contributed by atoms with Crippen molar-refractivity contribution in [2.75, 3.05) is 26.0 Å². The second kappa shape index (κ2) is 6.71. The highest BCUT2D eigenvalue weighted by molar-refractivity contribution is 6.37. The normalized spacial score (nSPS) is 13.8. The van der Waals surface area contributed by atoms with Gasteiger partial charge in [-0.25, -0.2) is 0 Å². The van der Waals surface area contributed by atoms with Gasteiger partial charge in [-0.05, 0) is 17.7 Å². The molecule has 0 atom stereocenters. The number of anilines is 1. The van der Waals surface area contributed by atoms with Crippen molar-refractivity contribution in [2.24, 2.45) is 0 Å². The van der Waals surface area contributed by atoms with E-state index in [9.17, 15) is 9.59 Å². The molecule has 5 heteroatoms. The third-order valence-corrected chi connectivity index (χ3v) is 3.07. The van der Waals surface area contributed by atoms with E-state index in [0.717, 1.165) is 10.6 Å². The zero-order valence-electron chi connectivity index (χ0n) is 13.0. The van der Waals surface area contributed by atoms with Gasteiger partial charge in [-0.2, -0.15) is 5.26 Å². The largest absolute Gasteiger partial charge is 0.378 e. The molecule has 110 valence electrons. The standard InChI is InChI=1S/C14H13N3O2.C2H6/c1-16(2)10-6-4-9(5-7-10)12-11(8-15)13(18)17(3)14(12)19;1-2/h4-7H,1-3H3;1-2H3. The monoisotopic (exact) mass is 285 g/mol. The van der Waals surface area contributed by atoms with Crippen molar-refractivity contribution < 1.29 is 9.59 Å². The number of carbonyl (C=O) groups excluding carboxylic acids is 2. The van der Waals surface area contributed by atoms with Crippen LogP contribution in [0.3, 0.4) is 0 Å². The number of hydrogen-bond acceptors (Lipinski definition) is 4. The van der Waals surface area contributed by atoms with E-state index in [0.29, 0.717) is 5.56 Å². The van der Waals surface area contributed by atoms with Gasteiger partial charge in [0.25, 0.3) is 11.8 Å². The van der Waals surface area contributed by atoms with Gasteiger partial charge in [0.15, 0.2) is 0 Å². The van der Waals surface area contributed by atoms with E-state index >= 15 is 0 Å². The van der Waals surface area contributed by atoms with Gasteiger partial charge in [0.1, 0.15) is 11.6 Å². The Labute approximate surface area is 125 Å². The van der Waals surface area contributed by atoms with Crippen molar-refractivity contribution in [3.05, 3.63) is 35.4 Å². The third-order valence-electron chi connectivity index (χ3n) is 3.07. The molecule has 1 heterocycles. The van der Waals surface area contributed by atoms with Gasteiger partial charge in [0.05, 0.1) is 5.57 Å². The van der Waals surface area contributed by atoms with E-state index in [-0.39, 0.29) is 11.1 Å². The maximum Gasteiger partial charge on any atom is 0.271 e. The minimum absolute atomic E-state index is 0.0925. The second-order valence-electron chi connectivity index (χ2n) is 4.47. The summed E-state index contributed by atoms with van der Waals surface area (Å²) in [5, 5.41) is 9.03. The molecule has 0 aromatic heterocycles. The van der Waals surface area contributed by atoms with Crippen LogP contribution < -0.4 is 4.90 Å². The molecule has 0 aliphatic carbocycles. The smallest absolute Gasteiger partial charge is 0.271 e. The van der Waals surface area contributed by atoms with Crippen LogP contribution in [0.4, 0.5) is 5.69 Å². The van der Waals surface area contributed by atoms with Gasteiger partial charge in [0.2, 0.25) is 0 Å². The first kappa shape index (κ1) is 16.4. The number of rotatable bonds is 2. The van der Waals surface area contributed by atoms with Crippen molar-refractivity contribution in [1.29, 1.82) is 5.26 Å². The lowest BCUT2D eigenvalue weighted by molar-refractivity contribution is -0.135. The highest BCUT2D eigenvalue weighted by Crippen LogP contribution is 2.29. The fourth-order valence-corrected chi connectivity index (χ4v) is 1.94. The average Bonchev–Trinajstić information content (AvgIpc) is 2.73. The lowest BCUT2D eigenvalue weighted by atomic mass is 10.0. The first-order chi connectivity index (χ1) is 9.97. The van der Waals surface area contributed by atoms with E-state index < -0.39 is 11.8 Å². The van der Waals surface area contributed by atoms with Crippen LogP contribution in [0.5, 0.6) is 0 Å². The highest BCUT2D eigenvalue weighted by Gasteiger charge is 2.36. The van der Waals surface area contributed by atoms with Crippen LogP contribution >= 0.6 is 0 Å². The maximum atomic E-state index is 12.0. The Morgan fingerprint density at radius 3 is 2.00 bits per heavy atom. The summed E-state index contributed by atoms with van der Waals surface area (Å²) in [6.45, 7) is 4.00. The molecule has 21 heavy (non-hydrogen) atoms. The third kappa shape index (κ3) is 2.95. The van der Waals surface area contributed by atoms with Crippen LogP contribution in [-0.4, -0.2) is 37.9 Å². The van der Waals surface area contributed by atoms with Crippen molar-refractivity contribution in [2.45, 2.75) is 13.8 Å². The molecule has 2 amide bonds. The molecule has 0 spiro atoms. The van der Waals surface area contributed by atoms with Crippen molar-refractivity contribution in [3.63, 3.8) is 0 Å². The molecule has 0 saturated heterocycles. The second-order valence-corrected chi connectivity index (χ2v) is 4.47. The summed E-state index contributed by atoms with van der Waals surface area (Å²) >= 11 is 0. The Morgan fingerprint density at radius 1 is 1.05 bits per heavy atom. The summed E-state index contributed by atoms with van der Waals surface area (Å²) in [7, 11) is 5.20. The molecule has 1 aliphatic heterocycles. The number of carbonyl (C=O) groups is 2. The minimum Gasteiger partial charge on any atom is -0.378 e. The molecule has 5 nitrogen and oxygen atoms in total. The summed E-state index contributed by atoms with van der Waals surface area (Å²) in [6, 6.07) is 8.98. The van der Waals surface area contributed by atoms with Gasteiger partial charge >= 0.3 is 0 Å². The summed E-state index contributed by atoms with van der Waals surface area (Å²) < 4.78 is 0. The lowest BCUT2D eigenvalue weighted by Gasteiger charge is -2.13. The van der Waals surface area contributed by atoms with E-state index in [2.05, 4.69) is 0 Å². The lowest BCUT2D eigenvalue weighted by Crippen LogP contribution is -2.26. The van der Waals surface area contributed by atoms with E-state index in [4.69, 9.17) is 5.26 Å². The molecule has 0 radical (unpaired) electrons. The van der Waals surface area contributed by atoms with Crippen LogP contribution in [0, 0.1) is 11.3 Å². The van der Waals surface area contributed by atoms with E-state index in [1.54, 1.807) is 12.1 Å². The summed E-state index contributed by atoms with van der Waals surface area (Å²) in [6.07, 6.45) is 0. The van der Waals surface area contributed by atoms with E-state index in [1.807, 2.05) is 51.0 Å². The zero-order chi connectivity index (χ0) is 16.2. The van der Waals surface area contributed by atoms with Crippen molar-refractivity contribution in [3.8, 4) is 6.07 Å². The molecule has 1 aromatic carbocycles. The van der Waals surface area contributed by atoms with Gasteiger partial charge in [-0.3, -0.25) is 14.5 Å². The SMILES string of the molecule is CC.CN1C(=O)C(C#N)=C(c2ccc(N(C)C)cc2)C1=O. The average molecular weight is 285 g/mol. The number of nitriles is 1. The van der Waals surface area contributed by atoms with Crippen LogP contribution in [0.25, 0.3) is 5.57 Å². The summed E-state index contributed by atoms with van der Waals surface area (Å²) in [5.74, 6) is -0.974. The fourth-order valence-electron chi connectivity index (χ4n) is 1.94. The van der Waals surface area contributed by atoms with Crippen LogP contribution in [0.1, 0.15) is 19.4 Å². The Kier molecular flexibility index (Phi) is 5.25. The fraction of sp³-hybridized carbons (Fsp3) is 0.312. The summed E-state index contributed by atoms with van der Waals surface area (Å²) in [5.41, 5.74) is 1.66. The van der Waals surface area contributed by atoms with Crippen LogP contribution in [0.2, 0.25) is 0 Å². The van der Waals surface area contributed by atoms with E-state index in [1.165, 1.54) is 7.05 Å². The Morgan fingerprint density at radius 2 is 1.57 bits per heavy atom. The number of nitrogens with zero attached hydrogens (tertiary/aromatic N) is 3. The molecule has 0 saturated carbocycles. The minimum atomic E-state index is -0.542. The number of benzene rings is 1. The maximum absolute atomic E-state index is 12.0. The molecule has 1 aliphatic rings. The first-order valence-corrected chi connectivity index (χ1v) is 6.72. The number of likely N-dealkylation sites (N-methyl/N-ethyl adjacent to an activating group) is 1. The molecule has 2 rings (SSSR count). The molecular weight excluding hydrogens is 266 g/mol. The van der Waals surface area contributed by atoms with Gasteiger partial charge in [-0.1, -0.05) is 26.0 Å². The molecule has 0 unspecified atom stereocenters. The Balaban J connectivity index is 0.00000106. The highest BCUT2D eigenvalue weighted by atomic mass is 16.2. The molecule has 0 fully saturated rings. The van der Waals surface area contributed by atoms with Crippen LogP contribution in [0.15, 0.2) is 29.8 Å². The topological polar surface area (TPSA) is 64.4 Å². The Bertz CT molecular complexity index is 622. The van der Waals surface area contributed by atoms with Gasteiger partial charge in [-0.15, -0.1) is 0 Å². The zero-order valence-corrected chi connectivity index (χ0v) is 13.0. The van der Waals surface area contributed by atoms with Crippen molar-refractivity contribution in [1.82, 2.24) is 4.90 Å². The molecular formula is C16H19N3O2. The number of imide groups is 1. The van der Waals surface area contributed by atoms with Crippen molar-refractivity contribution >= 4 is 23.1 Å². The predicted octanol–water partition coefficient (Wildman–Crippen LogP) is 2.05. The molecule has 0 bridgehead atoms. The van der Waals surface area contributed by atoms with Gasteiger partial charge in [0, 0.05) is 26.8 Å². The Hall–Kier alpha value is -2.61. The first-order valence-electron chi connectivity index (χ1n) is 6.72.